The van der Waals surface area contributed by atoms with Gasteiger partial charge in [0.1, 0.15) is 5.75 Å². The fraction of sp³-hybridized carbons (Fsp3) is 0.571. The molecular weight excluding hydrogens is 292 g/mol. The van der Waals surface area contributed by atoms with Gasteiger partial charge < -0.3 is 15.2 Å². The van der Waals surface area contributed by atoms with E-state index in [0.717, 1.165) is 0 Å². The van der Waals surface area contributed by atoms with Crippen LogP contribution in [0.4, 0.5) is 0 Å². The summed E-state index contributed by atoms with van der Waals surface area (Å²) in [7, 11) is -2.07. The molecule has 0 atom stereocenters. The minimum absolute atomic E-state index is 0.165. The Labute approximate surface area is 126 Å². The van der Waals surface area contributed by atoms with E-state index in [1.807, 2.05) is 6.92 Å². The smallest absolute Gasteiger partial charge is 0.240 e. The highest BCUT2D eigenvalue weighted by Crippen LogP contribution is 2.22. The second-order valence-electron chi connectivity index (χ2n) is 5.20. The minimum atomic E-state index is -3.61. The Bertz CT molecular complexity index is 570. The van der Waals surface area contributed by atoms with Gasteiger partial charge in [-0.05, 0) is 39.0 Å². The highest BCUT2D eigenvalue weighted by molar-refractivity contribution is 7.89. The molecule has 7 heteroatoms. The number of nitrogens with one attached hydrogen (secondary N) is 1. The molecular formula is C14H24N2O4S. The fourth-order valence-electron chi connectivity index (χ4n) is 1.60. The van der Waals surface area contributed by atoms with Gasteiger partial charge in [-0.25, -0.2) is 13.1 Å². The van der Waals surface area contributed by atoms with Crippen LogP contribution >= 0.6 is 0 Å². The molecule has 21 heavy (non-hydrogen) atoms. The highest BCUT2D eigenvalue weighted by Gasteiger charge is 2.22. The second kappa shape index (κ2) is 7.22. The Morgan fingerprint density at radius 3 is 2.52 bits per heavy atom. The third kappa shape index (κ3) is 4.96. The number of methoxy groups -OCH3 is 1. The Hall–Kier alpha value is -1.15. The van der Waals surface area contributed by atoms with E-state index in [2.05, 4.69) is 4.72 Å². The molecule has 0 fully saturated rings. The minimum Gasteiger partial charge on any atom is -0.494 e. The van der Waals surface area contributed by atoms with Gasteiger partial charge in [-0.1, -0.05) is 0 Å². The largest absolute Gasteiger partial charge is 0.494 e. The number of rotatable bonds is 8. The number of hydrogen-bond donors (Lipinski definition) is 2. The average molecular weight is 316 g/mol. The van der Waals surface area contributed by atoms with E-state index in [1.165, 1.54) is 19.2 Å². The van der Waals surface area contributed by atoms with Gasteiger partial charge in [0.2, 0.25) is 10.0 Å². The SMILES string of the molecule is CCOc1ccc(S(=O)(=O)NCC(C)(C)OC)cc1CN. The molecule has 6 nitrogen and oxygen atoms in total. The number of nitrogens with two attached hydrogens (primary N) is 1. The molecule has 0 aliphatic carbocycles. The molecule has 0 amide bonds. The van der Waals surface area contributed by atoms with E-state index in [1.54, 1.807) is 19.9 Å². The first-order valence-corrected chi connectivity index (χ1v) is 8.24. The summed E-state index contributed by atoms with van der Waals surface area (Å²) in [6.45, 7) is 6.36. The summed E-state index contributed by atoms with van der Waals surface area (Å²) in [5.74, 6) is 0.608. The van der Waals surface area contributed by atoms with Crippen LogP contribution in [0.3, 0.4) is 0 Å². The van der Waals surface area contributed by atoms with E-state index in [0.29, 0.717) is 17.9 Å². The van der Waals surface area contributed by atoms with Gasteiger partial charge in [-0.3, -0.25) is 0 Å². The fourth-order valence-corrected chi connectivity index (χ4v) is 2.85. The zero-order valence-electron chi connectivity index (χ0n) is 13.0. The summed E-state index contributed by atoms with van der Waals surface area (Å²) in [6.07, 6.45) is 0. The van der Waals surface area contributed by atoms with Crippen LogP contribution in [0.1, 0.15) is 26.3 Å². The standard InChI is InChI=1S/C14H24N2O4S/c1-5-20-13-7-6-12(8-11(13)9-15)21(17,18)16-10-14(2,3)19-4/h6-8,16H,5,9-10,15H2,1-4H3. The lowest BCUT2D eigenvalue weighted by Gasteiger charge is -2.23. The molecule has 1 aromatic carbocycles. The van der Waals surface area contributed by atoms with Crippen LogP contribution in [0.15, 0.2) is 23.1 Å². The van der Waals surface area contributed by atoms with Crippen LogP contribution in [-0.4, -0.2) is 34.3 Å². The van der Waals surface area contributed by atoms with Gasteiger partial charge in [0.15, 0.2) is 0 Å². The van der Waals surface area contributed by atoms with E-state index in [-0.39, 0.29) is 18.0 Å². The van der Waals surface area contributed by atoms with Crippen molar-refractivity contribution in [2.75, 3.05) is 20.3 Å². The van der Waals surface area contributed by atoms with Gasteiger partial charge in [0, 0.05) is 25.8 Å². The van der Waals surface area contributed by atoms with Crippen molar-refractivity contribution in [3.05, 3.63) is 23.8 Å². The number of ether oxygens (including phenoxy) is 2. The van der Waals surface area contributed by atoms with Crippen molar-refractivity contribution >= 4 is 10.0 Å². The summed E-state index contributed by atoms with van der Waals surface area (Å²) in [5.41, 5.74) is 5.73. The molecule has 0 aliphatic rings. The predicted molar refractivity (Wildman–Crippen MR) is 81.8 cm³/mol. The summed E-state index contributed by atoms with van der Waals surface area (Å²) >= 11 is 0. The first kappa shape index (κ1) is 17.9. The molecule has 0 saturated heterocycles. The molecule has 3 N–H and O–H groups in total. The van der Waals surface area contributed by atoms with Crippen molar-refractivity contribution in [2.24, 2.45) is 5.73 Å². The van der Waals surface area contributed by atoms with Crippen molar-refractivity contribution < 1.29 is 17.9 Å². The summed E-state index contributed by atoms with van der Waals surface area (Å²) in [6, 6.07) is 4.67. The van der Waals surface area contributed by atoms with Crippen molar-refractivity contribution in [2.45, 2.75) is 37.8 Å². The molecule has 0 aliphatic heterocycles. The van der Waals surface area contributed by atoms with Gasteiger partial charge in [0.05, 0.1) is 17.1 Å². The third-order valence-electron chi connectivity index (χ3n) is 3.10. The maximum Gasteiger partial charge on any atom is 0.240 e. The van der Waals surface area contributed by atoms with E-state index in [4.69, 9.17) is 15.2 Å². The lowest BCUT2D eigenvalue weighted by molar-refractivity contribution is 0.0276. The van der Waals surface area contributed by atoms with Crippen LogP contribution in [-0.2, 0) is 21.3 Å². The second-order valence-corrected chi connectivity index (χ2v) is 6.96. The predicted octanol–water partition coefficient (Wildman–Crippen LogP) is 1.25. The van der Waals surface area contributed by atoms with E-state index < -0.39 is 15.6 Å². The molecule has 0 bridgehead atoms. The van der Waals surface area contributed by atoms with Gasteiger partial charge in [-0.2, -0.15) is 0 Å². The average Bonchev–Trinajstić information content (AvgIpc) is 2.46. The first-order valence-electron chi connectivity index (χ1n) is 6.76. The topological polar surface area (TPSA) is 90.7 Å². The van der Waals surface area contributed by atoms with E-state index >= 15 is 0 Å². The Balaban J connectivity index is 2.98. The van der Waals surface area contributed by atoms with Crippen LogP contribution < -0.4 is 15.2 Å². The molecule has 0 unspecified atom stereocenters. The highest BCUT2D eigenvalue weighted by atomic mass is 32.2. The van der Waals surface area contributed by atoms with Crippen molar-refractivity contribution in [3.8, 4) is 5.75 Å². The van der Waals surface area contributed by atoms with Gasteiger partial charge >= 0.3 is 0 Å². The molecule has 0 heterocycles. The zero-order chi connectivity index (χ0) is 16.1. The molecule has 0 spiro atoms. The molecule has 0 saturated carbocycles. The molecule has 120 valence electrons. The van der Waals surface area contributed by atoms with Crippen molar-refractivity contribution in [3.63, 3.8) is 0 Å². The first-order chi connectivity index (χ1) is 9.75. The van der Waals surface area contributed by atoms with Gasteiger partial charge in [0.25, 0.3) is 0 Å². The van der Waals surface area contributed by atoms with Crippen LogP contribution in [0, 0.1) is 0 Å². The van der Waals surface area contributed by atoms with E-state index in [9.17, 15) is 8.42 Å². The molecule has 0 radical (unpaired) electrons. The number of sulfonamides is 1. The van der Waals surface area contributed by atoms with Crippen molar-refractivity contribution in [1.82, 2.24) is 4.72 Å². The summed E-state index contributed by atoms with van der Waals surface area (Å²) < 4.78 is 37.7. The summed E-state index contributed by atoms with van der Waals surface area (Å²) in [4.78, 5) is 0.165. The van der Waals surface area contributed by atoms with Crippen molar-refractivity contribution in [1.29, 1.82) is 0 Å². The van der Waals surface area contributed by atoms with Crippen LogP contribution in [0.25, 0.3) is 0 Å². The number of benzene rings is 1. The molecule has 1 aromatic rings. The Morgan fingerprint density at radius 1 is 1.33 bits per heavy atom. The normalized spacial score (nSPS) is 12.4. The quantitative estimate of drug-likeness (QED) is 0.753. The molecule has 1 rings (SSSR count). The lowest BCUT2D eigenvalue weighted by Crippen LogP contribution is -2.39. The number of hydrogen-bond acceptors (Lipinski definition) is 5. The molecule has 0 aromatic heterocycles. The zero-order valence-corrected chi connectivity index (χ0v) is 13.8. The Kier molecular flexibility index (Phi) is 6.15. The maximum atomic E-state index is 12.3. The van der Waals surface area contributed by atoms with Crippen LogP contribution in [0.5, 0.6) is 5.75 Å². The Morgan fingerprint density at radius 2 is 2.00 bits per heavy atom. The maximum absolute atomic E-state index is 12.3. The van der Waals surface area contributed by atoms with Gasteiger partial charge in [-0.15, -0.1) is 0 Å². The van der Waals surface area contributed by atoms with Crippen LogP contribution in [0.2, 0.25) is 0 Å². The third-order valence-corrected chi connectivity index (χ3v) is 4.50. The summed E-state index contributed by atoms with van der Waals surface area (Å²) in [5, 5.41) is 0. The lowest BCUT2D eigenvalue weighted by atomic mass is 10.1. The monoisotopic (exact) mass is 316 g/mol.